The fraction of sp³-hybridized carbons (Fsp3) is 0.605. The number of aliphatic imine (C=N–C) groups is 2. The Morgan fingerprint density at radius 1 is 0.681 bits per heavy atom. The maximum absolute atomic E-state index is 14.3. The Bertz CT molecular complexity index is 2030. The van der Waals surface area contributed by atoms with Crippen LogP contribution in [0.2, 0.25) is 0 Å². The van der Waals surface area contributed by atoms with Crippen LogP contribution in [-0.2, 0) is 38.4 Å². The number of carbonyl (C=O) groups excluding carboxylic acids is 9. The van der Waals surface area contributed by atoms with E-state index < -0.39 is 89.6 Å². The van der Waals surface area contributed by atoms with Crippen LogP contribution in [0.15, 0.2) is 40.3 Å². The third kappa shape index (κ3) is 18.3. The molecule has 4 rings (SSSR count). The molecule has 2 aliphatic heterocycles. The Hall–Kier alpha value is -6.31. The van der Waals surface area contributed by atoms with E-state index >= 15 is 0 Å². The van der Waals surface area contributed by atoms with Gasteiger partial charge in [0.1, 0.15) is 42.3 Å². The van der Waals surface area contributed by atoms with Crippen molar-refractivity contribution in [3.63, 3.8) is 0 Å². The van der Waals surface area contributed by atoms with Crippen LogP contribution in [-0.4, -0.2) is 143 Å². The molecule has 9 amide bonds. The van der Waals surface area contributed by atoms with E-state index in [4.69, 9.17) is 34.4 Å². The quantitative estimate of drug-likeness (QED) is 0.0213. The Kier molecular flexibility index (Phi) is 22.6. The smallest absolute Gasteiger partial charge is 0.254 e. The molecule has 2 heterocycles. The van der Waals surface area contributed by atoms with Gasteiger partial charge in [0.15, 0.2) is 11.9 Å². The second-order valence-electron chi connectivity index (χ2n) is 17.1. The van der Waals surface area contributed by atoms with Gasteiger partial charge in [-0.25, -0.2) is 0 Å². The molecular formula is C43H67N15O9S2. The maximum Gasteiger partial charge on any atom is 0.254 e. The van der Waals surface area contributed by atoms with Gasteiger partial charge in [-0.2, -0.15) is 0 Å². The minimum Gasteiger partial charge on any atom is -0.370 e. The van der Waals surface area contributed by atoms with Crippen LogP contribution in [0.3, 0.4) is 0 Å². The number of guanidine groups is 2. The highest BCUT2D eigenvalue weighted by Crippen LogP contribution is 2.28. The summed E-state index contributed by atoms with van der Waals surface area (Å²) in [4.78, 5) is 131. The number of primary amides is 2. The number of amides is 9. The third-order valence-corrected chi connectivity index (χ3v) is 14.3. The van der Waals surface area contributed by atoms with Gasteiger partial charge in [0.25, 0.3) is 5.91 Å². The lowest BCUT2D eigenvalue weighted by molar-refractivity contribution is -0.136. The molecule has 0 unspecified atom stereocenters. The van der Waals surface area contributed by atoms with Crippen molar-refractivity contribution in [2.75, 3.05) is 31.1 Å². The van der Waals surface area contributed by atoms with Crippen LogP contribution in [0, 0.1) is 5.92 Å². The van der Waals surface area contributed by atoms with Gasteiger partial charge in [-0.3, -0.25) is 53.1 Å². The molecule has 3 aliphatic rings. The molecule has 0 spiro atoms. The molecule has 380 valence electrons. The first-order chi connectivity index (χ1) is 32.9. The maximum atomic E-state index is 14.3. The average molecular weight is 1000 g/mol. The molecule has 1 aromatic rings. The van der Waals surface area contributed by atoms with E-state index in [1.54, 1.807) is 30.3 Å². The highest BCUT2D eigenvalue weighted by Gasteiger charge is 2.39. The molecule has 1 aromatic carbocycles. The molecule has 0 radical (unpaired) electrons. The largest absolute Gasteiger partial charge is 0.370 e. The molecule has 7 atom stereocenters. The zero-order valence-electron chi connectivity index (χ0n) is 38.5. The summed E-state index contributed by atoms with van der Waals surface area (Å²) < 4.78 is 0. The van der Waals surface area contributed by atoms with Gasteiger partial charge < -0.3 is 71.2 Å². The summed E-state index contributed by atoms with van der Waals surface area (Å²) in [6.07, 6.45) is 4.13. The third-order valence-electron chi connectivity index (χ3n) is 11.9. The van der Waals surface area contributed by atoms with Gasteiger partial charge in [0, 0.05) is 43.1 Å². The van der Waals surface area contributed by atoms with Crippen molar-refractivity contribution < 1.29 is 43.2 Å². The molecule has 3 fully saturated rings. The van der Waals surface area contributed by atoms with Gasteiger partial charge in [-0.05, 0) is 75.8 Å². The number of nitrogens with one attached hydrogen (secondary N) is 6. The number of benzene rings is 1. The molecule has 69 heavy (non-hydrogen) atoms. The van der Waals surface area contributed by atoms with Crippen LogP contribution in [0.4, 0.5) is 0 Å². The first-order valence-corrected chi connectivity index (χ1v) is 25.5. The fourth-order valence-electron chi connectivity index (χ4n) is 8.20. The summed E-state index contributed by atoms with van der Waals surface area (Å²) in [7, 11) is 2.58. The molecule has 24 nitrogen and oxygen atoms in total. The summed E-state index contributed by atoms with van der Waals surface area (Å²) in [5, 5.41) is 16.2. The fourth-order valence-corrected chi connectivity index (χ4v) is 10.5. The molecule has 0 aromatic heterocycles. The highest BCUT2D eigenvalue weighted by atomic mass is 33.1. The van der Waals surface area contributed by atoms with Gasteiger partial charge in [0.05, 0.1) is 0 Å². The van der Waals surface area contributed by atoms with Crippen LogP contribution in [0.1, 0.15) is 93.8 Å². The van der Waals surface area contributed by atoms with Crippen LogP contribution in [0.25, 0.3) is 0 Å². The SMILES string of the molecule is NC(=O)CC[C@H](NC(=O)[C@@H](CCCN=C(N)N)NC(=O)[C@@H](CCCN=C(N)N)NC(=O)[C@@H]1CCCN1C(=O)c1ccccc1)C(=O)N[C@H](C(=O)N[C@H]1CSSC[C@@H](C(N)=O)NC1=O)C1CCCCC1. The van der Waals surface area contributed by atoms with Crippen LogP contribution in [0.5, 0.6) is 0 Å². The van der Waals surface area contributed by atoms with Crippen molar-refractivity contribution in [3.8, 4) is 0 Å². The number of carbonyl (C=O) groups is 9. The lowest BCUT2D eigenvalue weighted by Gasteiger charge is -2.33. The predicted octanol–water partition coefficient (Wildman–Crippen LogP) is -2.97. The summed E-state index contributed by atoms with van der Waals surface area (Å²) >= 11 is 0. The standard InChI is InChI=1S/C43H67N15O9S2/c44-32(59)18-17-28(37(63)57-33(24-10-3-1-4-11-24)40(66)56-30-23-69-68-22-29(34(45)60)55-38(30)64)53-35(61)26(14-7-19-50-42(46)47)52-36(62)27(15-8-20-51-43(48)49)54-39(65)31-16-9-21-58(31)41(67)25-12-5-2-6-13-25/h2,5-6,12-13,24,26-31,33H,1,3-4,7-11,14-23H2,(H2,44,59)(H2,45,60)(H,52,62)(H,53,61)(H,54,65)(H,55,64)(H,56,66)(H,57,63)(H4,46,47,50)(H4,48,49,51)/t26-,27-,28+,29+,30+,31+,33+/m1/s1. The van der Waals surface area contributed by atoms with E-state index in [-0.39, 0.29) is 86.9 Å². The minimum absolute atomic E-state index is 0.00999. The monoisotopic (exact) mass is 1000 g/mol. The first-order valence-electron chi connectivity index (χ1n) is 23.1. The zero-order valence-corrected chi connectivity index (χ0v) is 40.2. The van der Waals surface area contributed by atoms with Crippen molar-refractivity contribution >= 4 is 86.7 Å². The number of hydrogen-bond acceptors (Lipinski definition) is 13. The average Bonchev–Trinajstić information content (AvgIpc) is 3.81. The molecule has 18 N–H and O–H groups in total. The molecule has 0 bridgehead atoms. The van der Waals surface area contributed by atoms with Crippen molar-refractivity contribution in [1.82, 2.24) is 36.8 Å². The van der Waals surface area contributed by atoms with Crippen molar-refractivity contribution in [1.29, 1.82) is 0 Å². The van der Waals surface area contributed by atoms with Crippen LogP contribution >= 0.6 is 21.6 Å². The van der Waals surface area contributed by atoms with Crippen molar-refractivity contribution in [3.05, 3.63) is 35.9 Å². The van der Waals surface area contributed by atoms with E-state index in [2.05, 4.69) is 41.9 Å². The van der Waals surface area contributed by atoms with Gasteiger partial charge in [-0.1, -0.05) is 59.0 Å². The zero-order chi connectivity index (χ0) is 50.5. The second-order valence-corrected chi connectivity index (χ2v) is 19.6. The number of rotatable bonds is 24. The summed E-state index contributed by atoms with van der Waals surface area (Å²) in [5.74, 6) is -6.57. The number of hydrogen-bond donors (Lipinski definition) is 12. The molecule has 26 heteroatoms. The normalized spacial score (nSPS) is 20.1. The lowest BCUT2D eigenvalue weighted by atomic mass is 9.83. The molecule has 2 saturated heterocycles. The number of nitrogens with two attached hydrogens (primary N) is 6. The summed E-state index contributed by atoms with van der Waals surface area (Å²) in [6, 6.07) is 0.288. The Morgan fingerprint density at radius 3 is 1.83 bits per heavy atom. The van der Waals surface area contributed by atoms with E-state index in [9.17, 15) is 43.2 Å². The highest BCUT2D eigenvalue weighted by molar-refractivity contribution is 8.76. The second kappa shape index (κ2) is 28.2. The van der Waals surface area contributed by atoms with E-state index in [1.165, 1.54) is 26.5 Å². The molecule has 1 aliphatic carbocycles. The lowest BCUT2D eigenvalue weighted by Crippen LogP contribution is -2.61. The van der Waals surface area contributed by atoms with E-state index in [0.717, 1.165) is 19.3 Å². The van der Waals surface area contributed by atoms with E-state index in [0.29, 0.717) is 37.8 Å². The molecule has 1 saturated carbocycles. The Balaban J connectivity index is 1.57. The summed E-state index contributed by atoms with van der Waals surface area (Å²) in [5.41, 5.74) is 33.4. The number of nitrogens with zero attached hydrogens (tertiary/aromatic N) is 3. The van der Waals surface area contributed by atoms with Crippen LogP contribution < -0.4 is 66.3 Å². The van der Waals surface area contributed by atoms with Gasteiger partial charge >= 0.3 is 0 Å². The molecular weight excluding hydrogens is 935 g/mol. The first kappa shape index (κ1) is 55.3. The predicted molar refractivity (Wildman–Crippen MR) is 261 cm³/mol. The Morgan fingerprint density at radius 2 is 1.25 bits per heavy atom. The van der Waals surface area contributed by atoms with Gasteiger partial charge in [0.2, 0.25) is 47.3 Å². The van der Waals surface area contributed by atoms with E-state index in [1.807, 2.05) is 0 Å². The summed E-state index contributed by atoms with van der Waals surface area (Å²) in [6.45, 7) is 0.470. The van der Waals surface area contributed by atoms with Crippen molar-refractivity contribution in [2.24, 2.45) is 50.3 Å². The van der Waals surface area contributed by atoms with Crippen molar-refractivity contribution in [2.45, 2.75) is 126 Å². The minimum atomic E-state index is -1.46. The number of likely N-dealkylation sites (tertiary alicyclic amines) is 1. The Labute approximate surface area is 408 Å². The van der Waals surface area contributed by atoms with Gasteiger partial charge in [-0.15, -0.1) is 0 Å². The topological polar surface area (TPSA) is 410 Å².